The molecule has 0 aromatic carbocycles. The zero-order valence-electron chi connectivity index (χ0n) is 9.69. The maximum absolute atomic E-state index is 11.9. The first-order valence-corrected chi connectivity index (χ1v) is 7.39. The van der Waals surface area contributed by atoms with Gasteiger partial charge in [-0.25, -0.2) is 14.8 Å². The summed E-state index contributed by atoms with van der Waals surface area (Å²) < 4.78 is 26.1. The molecule has 0 radical (unpaired) electrons. The fourth-order valence-electron chi connectivity index (χ4n) is 1.23. The highest BCUT2D eigenvalue weighted by molar-refractivity contribution is 7.92. The zero-order valence-corrected chi connectivity index (χ0v) is 11.3. The molecule has 2 aromatic rings. The number of pyridine rings is 1. The van der Waals surface area contributed by atoms with Crippen molar-refractivity contribution in [1.82, 2.24) is 9.97 Å². The van der Waals surface area contributed by atoms with Gasteiger partial charge in [0.15, 0.2) is 10.2 Å². The second kappa shape index (κ2) is 4.94. The predicted octanol–water partition coefficient (Wildman–Crippen LogP) is 1.35. The first-order valence-electron chi connectivity index (χ1n) is 5.03. The van der Waals surface area contributed by atoms with Gasteiger partial charge in [0.1, 0.15) is 0 Å². The summed E-state index contributed by atoms with van der Waals surface area (Å²) in [7, 11) is -3.85. The molecule has 19 heavy (non-hydrogen) atoms. The highest BCUT2D eigenvalue weighted by atomic mass is 32.2. The monoisotopic (exact) mass is 299 g/mol. The number of carboxylic acids is 1. The molecule has 0 fully saturated rings. The molecule has 0 amide bonds. The molecule has 0 spiro atoms. The molecule has 2 N–H and O–H groups in total. The summed E-state index contributed by atoms with van der Waals surface area (Å²) in [4.78, 5) is 18.2. The molecule has 0 bridgehead atoms. The Morgan fingerprint density at radius 3 is 2.63 bits per heavy atom. The molecular weight excluding hydrogens is 290 g/mol. The number of nitrogens with zero attached hydrogens (tertiary/aromatic N) is 2. The van der Waals surface area contributed by atoms with Gasteiger partial charge in [0.25, 0.3) is 10.0 Å². The number of nitrogens with one attached hydrogen (secondary N) is 1. The number of aromatic carboxylic acids is 1. The Kier molecular flexibility index (Phi) is 3.49. The predicted molar refractivity (Wildman–Crippen MR) is 68.9 cm³/mol. The highest BCUT2D eigenvalue weighted by Gasteiger charge is 2.18. The summed E-state index contributed by atoms with van der Waals surface area (Å²) >= 11 is 1.16. The van der Waals surface area contributed by atoms with E-state index >= 15 is 0 Å². The Bertz CT molecular complexity index is 707. The molecule has 0 aliphatic heterocycles. The number of anilines is 1. The topological polar surface area (TPSA) is 109 Å². The van der Waals surface area contributed by atoms with Crippen molar-refractivity contribution in [2.45, 2.75) is 11.9 Å². The average Bonchev–Trinajstić information content (AvgIpc) is 2.74. The Balaban J connectivity index is 2.26. The average molecular weight is 299 g/mol. The van der Waals surface area contributed by atoms with E-state index in [2.05, 4.69) is 14.7 Å². The number of hydrogen-bond donors (Lipinski definition) is 2. The molecule has 0 saturated carbocycles. The van der Waals surface area contributed by atoms with Crippen LogP contribution in [-0.4, -0.2) is 29.5 Å². The minimum Gasteiger partial charge on any atom is -0.478 e. The van der Waals surface area contributed by atoms with E-state index in [1.54, 1.807) is 12.3 Å². The lowest BCUT2D eigenvalue weighted by Crippen LogP contribution is -2.14. The van der Waals surface area contributed by atoms with E-state index in [9.17, 15) is 13.2 Å². The normalized spacial score (nSPS) is 11.2. The minimum absolute atomic E-state index is 0.0796. The van der Waals surface area contributed by atoms with Gasteiger partial charge in [-0.3, -0.25) is 4.72 Å². The van der Waals surface area contributed by atoms with Gasteiger partial charge in [-0.1, -0.05) is 0 Å². The molecule has 100 valence electrons. The van der Waals surface area contributed by atoms with Gasteiger partial charge >= 0.3 is 5.97 Å². The Morgan fingerprint density at radius 2 is 2.16 bits per heavy atom. The third-order valence-corrected chi connectivity index (χ3v) is 4.36. The zero-order chi connectivity index (χ0) is 14.0. The van der Waals surface area contributed by atoms with Gasteiger partial charge in [0, 0.05) is 11.6 Å². The van der Waals surface area contributed by atoms with Gasteiger partial charge in [0.05, 0.1) is 11.3 Å². The molecule has 0 saturated heterocycles. The van der Waals surface area contributed by atoms with Crippen LogP contribution in [0.1, 0.15) is 16.1 Å². The van der Waals surface area contributed by atoms with E-state index in [4.69, 9.17) is 5.11 Å². The summed E-state index contributed by atoms with van der Waals surface area (Å²) in [6.45, 7) is 1.74. The van der Waals surface area contributed by atoms with E-state index in [0.29, 0.717) is 5.69 Å². The van der Waals surface area contributed by atoms with Crippen LogP contribution in [0.2, 0.25) is 0 Å². The van der Waals surface area contributed by atoms with E-state index in [-0.39, 0.29) is 15.7 Å². The second-order valence-electron chi connectivity index (χ2n) is 3.59. The highest BCUT2D eigenvalue weighted by Crippen LogP contribution is 2.18. The number of carboxylic acid groups (broad SMARTS) is 1. The molecule has 7 nitrogen and oxygen atoms in total. The number of thiazole rings is 1. The van der Waals surface area contributed by atoms with Crippen LogP contribution in [0.25, 0.3) is 0 Å². The summed E-state index contributed by atoms with van der Waals surface area (Å²) in [5.74, 6) is -1.17. The van der Waals surface area contributed by atoms with Crippen molar-refractivity contribution in [3.63, 3.8) is 0 Å². The summed E-state index contributed by atoms with van der Waals surface area (Å²) in [6, 6.07) is 2.31. The third kappa shape index (κ3) is 3.06. The van der Waals surface area contributed by atoms with E-state index < -0.39 is 16.0 Å². The smallest absolute Gasteiger partial charge is 0.337 e. The molecule has 2 heterocycles. The second-order valence-corrected chi connectivity index (χ2v) is 6.08. The van der Waals surface area contributed by atoms with Crippen LogP contribution < -0.4 is 4.72 Å². The van der Waals surface area contributed by atoms with Gasteiger partial charge in [0.2, 0.25) is 0 Å². The van der Waals surface area contributed by atoms with E-state index in [1.807, 2.05) is 0 Å². The van der Waals surface area contributed by atoms with Crippen molar-refractivity contribution in [2.75, 3.05) is 4.72 Å². The largest absolute Gasteiger partial charge is 0.478 e. The first kappa shape index (κ1) is 13.4. The summed E-state index contributed by atoms with van der Waals surface area (Å²) in [5.41, 5.74) is 0.626. The minimum atomic E-state index is -3.85. The lowest BCUT2D eigenvalue weighted by molar-refractivity contribution is 0.0696. The third-order valence-electron chi connectivity index (χ3n) is 2.10. The van der Waals surface area contributed by atoms with Crippen molar-refractivity contribution >= 4 is 32.5 Å². The fourth-order valence-corrected chi connectivity index (χ4v) is 3.11. The number of aryl methyl sites for hydroxylation is 1. The number of aromatic nitrogens is 2. The van der Waals surface area contributed by atoms with Crippen LogP contribution in [0.4, 0.5) is 5.13 Å². The van der Waals surface area contributed by atoms with Gasteiger partial charge in [-0.2, -0.15) is 8.42 Å². The van der Waals surface area contributed by atoms with Crippen LogP contribution in [0.5, 0.6) is 0 Å². The number of carbonyl (C=O) groups is 1. The van der Waals surface area contributed by atoms with Crippen molar-refractivity contribution < 1.29 is 18.3 Å². The van der Waals surface area contributed by atoms with Gasteiger partial charge in [-0.15, -0.1) is 11.3 Å². The van der Waals surface area contributed by atoms with Crippen molar-refractivity contribution in [3.8, 4) is 0 Å². The van der Waals surface area contributed by atoms with Crippen LogP contribution in [0.15, 0.2) is 28.7 Å². The quantitative estimate of drug-likeness (QED) is 0.881. The van der Waals surface area contributed by atoms with E-state index in [0.717, 1.165) is 23.6 Å². The Labute approximate surface area is 113 Å². The van der Waals surface area contributed by atoms with Gasteiger partial charge < -0.3 is 5.11 Å². The first-order chi connectivity index (χ1) is 8.88. The van der Waals surface area contributed by atoms with E-state index in [1.165, 1.54) is 6.07 Å². The summed E-state index contributed by atoms with van der Waals surface area (Å²) in [5, 5.41) is 10.4. The molecule has 2 rings (SSSR count). The molecule has 0 aliphatic rings. The number of sulfonamides is 1. The number of hydrogen-bond acceptors (Lipinski definition) is 6. The maximum atomic E-state index is 11.9. The van der Waals surface area contributed by atoms with Crippen molar-refractivity contribution in [2.24, 2.45) is 0 Å². The van der Waals surface area contributed by atoms with Crippen molar-refractivity contribution in [3.05, 3.63) is 35.0 Å². The Morgan fingerprint density at radius 1 is 1.42 bits per heavy atom. The van der Waals surface area contributed by atoms with Gasteiger partial charge in [-0.05, 0) is 19.1 Å². The van der Waals surface area contributed by atoms with Crippen LogP contribution in [-0.2, 0) is 10.0 Å². The lowest BCUT2D eigenvalue weighted by Gasteiger charge is -2.04. The molecular formula is C10H9N3O4S2. The lowest BCUT2D eigenvalue weighted by atomic mass is 10.3. The maximum Gasteiger partial charge on any atom is 0.337 e. The fraction of sp³-hybridized carbons (Fsp3) is 0.100. The summed E-state index contributed by atoms with van der Waals surface area (Å²) in [6.07, 6.45) is 0.990. The van der Waals surface area contributed by atoms with Crippen LogP contribution in [0.3, 0.4) is 0 Å². The molecule has 0 aliphatic carbocycles. The SMILES string of the molecule is Cc1csc(NS(=O)(=O)c2ccc(C(=O)O)cn2)n1. The molecule has 2 aromatic heterocycles. The Hall–Kier alpha value is -2.00. The van der Waals surface area contributed by atoms with Crippen LogP contribution in [0, 0.1) is 6.92 Å². The molecule has 0 atom stereocenters. The number of rotatable bonds is 4. The molecule has 9 heteroatoms. The standard InChI is InChI=1S/C10H9N3O4S2/c1-6-5-18-10(12-6)13-19(16,17)8-3-2-7(4-11-8)9(14)15/h2-5H,1H3,(H,12,13)(H,14,15). The molecule has 0 unspecified atom stereocenters. The van der Waals surface area contributed by atoms with Crippen LogP contribution >= 0.6 is 11.3 Å². The van der Waals surface area contributed by atoms with Crippen molar-refractivity contribution in [1.29, 1.82) is 0 Å².